The molecule has 4 aromatic heterocycles. The van der Waals surface area contributed by atoms with E-state index in [-0.39, 0.29) is 5.56 Å². The van der Waals surface area contributed by atoms with Crippen molar-refractivity contribution in [1.82, 2.24) is 19.1 Å². The van der Waals surface area contributed by atoms with E-state index < -0.39 is 11.6 Å². The lowest BCUT2D eigenvalue weighted by atomic mass is 9.99. The maximum Gasteiger partial charge on any atom is 0.212 e. The Kier molecular flexibility index (Phi) is 9.18. The van der Waals surface area contributed by atoms with Crippen molar-refractivity contribution in [2.45, 2.75) is 0 Å². The fourth-order valence-electron chi connectivity index (χ4n) is 9.55. The molecule has 7 heteroatoms. The van der Waals surface area contributed by atoms with E-state index in [9.17, 15) is 0 Å². The molecule has 5 nitrogen and oxygen atoms in total. The first-order valence-electron chi connectivity index (χ1n) is 21.6. The molecule has 0 saturated carbocycles. The summed E-state index contributed by atoms with van der Waals surface area (Å²) >= 11 is 0. The second-order valence-corrected chi connectivity index (χ2v) is 16.3. The van der Waals surface area contributed by atoms with Crippen LogP contribution in [0.25, 0.3) is 116 Å². The van der Waals surface area contributed by atoms with E-state index in [1.54, 1.807) is 12.1 Å². The molecule has 0 spiro atoms. The quantitative estimate of drug-likeness (QED) is 0.150. The number of hydrogen-bond acceptors (Lipinski definition) is 2. The lowest BCUT2D eigenvalue weighted by molar-refractivity contribution is 0.589. The maximum absolute atomic E-state index is 16.4. The number of aromatic nitrogens is 4. The predicted molar refractivity (Wildman–Crippen MR) is 264 cm³/mol. The first-order chi connectivity index (χ1) is 32.5. The number of nitrogens with zero attached hydrogens (tertiary/aromatic N) is 5. The fourth-order valence-corrected chi connectivity index (χ4v) is 9.55. The zero-order valence-electron chi connectivity index (χ0n) is 35.2. The van der Waals surface area contributed by atoms with Gasteiger partial charge in [0.25, 0.3) is 0 Å². The van der Waals surface area contributed by atoms with E-state index in [0.717, 1.165) is 88.4 Å². The summed E-state index contributed by atoms with van der Waals surface area (Å²) in [5.74, 6) is -1.40. The monoisotopic (exact) mass is 851 g/mol. The van der Waals surface area contributed by atoms with Crippen molar-refractivity contribution in [1.29, 1.82) is 0 Å². The Bertz CT molecular complexity index is 3900. The van der Waals surface area contributed by atoms with Gasteiger partial charge in [0.15, 0.2) is 0 Å². The summed E-state index contributed by atoms with van der Waals surface area (Å²) in [6, 6.07) is 64.6. The van der Waals surface area contributed by atoms with Crippen LogP contribution in [-0.4, -0.2) is 19.1 Å². The van der Waals surface area contributed by atoms with Gasteiger partial charge in [-0.2, -0.15) is 0 Å². The third kappa shape index (κ3) is 6.35. The van der Waals surface area contributed by atoms with Gasteiger partial charge in [-0.05, 0) is 107 Å². The van der Waals surface area contributed by atoms with Gasteiger partial charge < -0.3 is 9.13 Å². The zero-order valence-corrected chi connectivity index (χ0v) is 35.2. The summed E-state index contributed by atoms with van der Waals surface area (Å²) in [4.78, 5) is 13.5. The Morgan fingerprint density at radius 3 is 1.35 bits per heavy atom. The SMILES string of the molecule is [C-]#[N+]c1cc(-n2c3ccccc3c3cc(-c4ccnc(-c5ccccc5)c4)ccc32)c(-c2c(F)cccc2F)cc1-n1c2ccccc2c2cc(-c3ccnc(-c4ccccc4)c3)ccc21. The van der Waals surface area contributed by atoms with Gasteiger partial charge in [-0.1, -0.05) is 115 Å². The van der Waals surface area contributed by atoms with Crippen LogP contribution in [0.5, 0.6) is 0 Å². The normalized spacial score (nSPS) is 11.5. The summed E-state index contributed by atoms with van der Waals surface area (Å²) in [6.07, 6.45) is 3.66. The lowest BCUT2D eigenvalue weighted by Gasteiger charge is -2.19. The highest BCUT2D eigenvalue weighted by atomic mass is 19.1. The highest BCUT2D eigenvalue weighted by Crippen LogP contribution is 2.45. The Morgan fingerprint density at radius 2 is 0.833 bits per heavy atom. The second kappa shape index (κ2) is 15.7. The summed E-state index contributed by atoms with van der Waals surface area (Å²) in [5, 5.41) is 3.87. The van der Waals surface area contributed by atoms with Crippen LogP contribution in [-0.2, 0) is 0 Å². The van der Waals surface area contributed by atoms with Gasteiger partial charge >= 0.3 is 0 Å². The topological polar surface area (TPSA) is 40.0 Å². The molecule has 0 aliphatic carbocycles. The van der Waals surface area contributed by atoms with Gasteiger partial charge in [-0.25, -0.2) is 13.6 Å². The average molecular weight is 852 g/mol. The predicted octanol–water partition coefficient (Wildman–Crippen LogP) is 15.8. The molecule has 0 amide bonds. The molecule has 0 fully saturated rings. The highest BCUT2D eigenvalue weighted by Gasteiger charge is 2.25. The Morgan fingerprint density at radius 1 is 0.379 bits per heavy atom. The number of hydrogen-bond donors (Lipinski definition) is 0. The molecule has 0 bridgehead atoms. The summed E-state index contributed by atoms with van der Waals surface area (Å²) in [5.41, 5.74) is 12.7. The molecule has 4 heterocycles. The van der Waals surface area contributed by atoms with Crippen molar-refractivity contribution in [3.8, 4) is 67.3 Å². The number of rotatable bonds is 7. The van der Waals surface area contributed by atoms with Crippen molar-refractivity contribution >= 4 is 49.3 Å². The molecule has 0 radical (unpaired) electrons. The van der Waals surface area contributed by atoms with E-state index in [0.29, 0.717) is 22.6 Å². The van der Waals surface area contributed by atoms with Gasteiger partial charge in [0, 0.05) is 56.3 Å². The summed E-state index contributed by atoms with van der Waals surface area (Å²) < 4.78 is 36.8. The Labute approximate surface area is 378 Å². The van der Waals surface area contributed by atoms with Crippen LogP contribution in [0.15, 0.2) is 213 Å². The molecule has 0 atom stereocenters. The minimum Gasteiger partial charge on any atom is -0.319 e. The molecule has 12 aromatic rings. The first kappa shape index (κ1) is 38.7. The Hall–Kier alpha value is -8.99. The van der Waals surface area contributed by atoms with Gasteiger partial charge in [0.05, 0.1) is 51.3 Å². The lowest BCUT2D eigenvalue weighted by Crippen LogP contribution is -2.03. The van der Waals surface area contributed by atoms with Crippen molar-refractivity contribution in [2.24, 2.45) is 0 Å². The van der Waals surface area contributed by atoms with Crippen LogP contribution in [0.2, 0.25) is 0 Å². The van der Waals surface area contributed by atoms with Gasteiger partial charge in [-0.15, -0.1) is 0 Å². The van der Waals surface area contributed by atoms with Crippen LogP contribution < -0.4 is 0 Å². The van der Waals surface area contributed by atoms with Crippen LogP contribution in [0.4, 0.5) is 14.5 Å². The molecule has 0 N–H and O–H groups in total. The van der Waals surface area contributed by atoms with Crippen LogP contribution in [0, 0.1) is 18.2 Å². The molecule has 12 rings (SSSR count). The minimum atomic E-state index is -0.702. The van der Waals surface area contributed by atoms with Gasteiger partial charge in [0.2, 0.25) is 5.69 Å². The van der Waals surface area contributed by atoms with Crippen molar-refractivity contribution in [2.75, 3.05) is 0 Å². The van der Waals surface area contributed by atoms with E-state index in [2.05, 4.69) is 75.5 Å². The van der Waals surface area contributed by atoms with Crippen molar-refractivity contribution in [3.05, 3.63) is 236 Å². The largest absolute Gasteiger partial charge is 0.319 e. The molecule has 0 saturated heterocycles. The van der Waals surface area contributed by atoms with Gasteiger partial charge in [0.1, 0.15) is 11.6 Å². The molecule has 0 aliphatic rings. The van der Waals surface area contributed by atoms with Gasteiger partial charge in [-0.3, -0.25) is 9.97 Å². The summed E-state index contributed by atoms with van der Waals surface area (Å²) in [7, 11) is 0. The van der Waals surface area contributed by atoms with Crippen LogP contribution >= 0.6 is 0 Å². The smallest absolute Gasteiger partial charge is 0.212 e. The molecule has 0 unspecified atom stereocenters. The standard InChI is InChI=1S/C59H35F2N5/c1-62-52-36-57(65-53-21-10-8-17-43(53)45-31-39(23-25-55(45)65)41-27-29-63-50(33-41)37-13-4-2-5-14-37)47(59-48(60)19-12-20-49(59)61)35-58(52)66-54-22-11-9-18-44(54)46-32-40(24-26-56(46)66)42-28-30-64-51(34-42)38-15-6-3-7-16-38/h2-36H. The van der Waals surface area contributed by atoms with E-state index in [4.69, 9.17) is 6.57 Å². The molecular weight excluding hydrogens is 817 g/mol. The fraction of sp³-hybridized carbons (Fsp3) is 0. The number of halogens is 2. The third-order valence-corrected chi connectivity index (χ3v) is 12.6. The molecule has 310 valence electrons. The summed E-state index contributed by atoms with van der Waals surface area (Å²) in [6.45, 7) is 8.69. The molecule has 8 aromatic carbocycles. The molecule has 66 heavy (non-hydrogen) atoms. The van der Waals surface area contributed by atoms with Crippen LogP contribution in [0.3, 0.4) is 0 Å². The zero-order chi connectivity index (χ0) is 44.3. The maximum atomic E-state index is 16.4. The minimum absolute atomic E-state index is 0.173. The number of benzene rings is 8. The van der Waals surface area contributed by atoms with E-state index in [1.807, 2.05) is 131 Å². The number of pyridine rings is 2. The van der Waals surface area contributed by atoms with E-state index in [1.165, 1.54) is 18.2 Å². The average Bonchev–Trinajstić information content (AvgIpc) is 3.89. The van der Waals surface area contributed by atoms with Crippen LogP contribution in [0.1, 0.15) is 0 Å². The van der Waals surface area contributed by atoms with Crippen molar-refractivity contribution < 1.29 is 8.78 Å². The van der Waals surface area contributed by atoms with E-state index >= 15 is 8.78 Å². The molecular formula is C59H35F2N5. The number of para-hydroxylation sites is 2. The third-order valence-electron chi connectivity index (χ3n) is 12.6. The number of fused-ring (bicyclic) bond motifs is 6. The second-order valence-electron chi connectivity index (χ2n) is 16.3. The van der Waals surface area contributed by atoms with Crippen molar-refractivity contribution in [3.63, 3.8) is 0 Å². The Balaban J connectivity index is 1.08. The first-order valence-corrected chi connectivity index (χ1v) is 21.6. The highest BCUT2D eigenvalue weighted by molar-refractivity contribution is 6.13. The molecule has 0 aliphatic heterocycles.